The third-order valence-corrected chi connectivity index (χ3v) is 3.17. The van der Waals surface area contributed by atoms with Crippen molar-refractivity contribution in [3.8, 4) is 0 Å². The Labute approximate surface area is 81.6 Å². The molecule has 2 nitrogen and oxygen atoms in total. The molecule has 0 spiro atoms. The first-order valence-corrected chi connectivity index (χ1v) is 5.46. The molecule has 1 aliphatic carbocycles. The van der Waals surface area contributed by atoms with Gasteiger partial charge in [0.05, 0.1) is 5.84 Å². The molecule has 0 aromatic heterocycles. The van der Waals surface area contributed by atoms with Gasteiger partial charge in [0.25, 0.3) is 0 Å². The van der Waals surface area contributed by atoms with E-state index in [1.54, 1.807) is 7.05 Å². The van der Waals surface area contributed by atoms with Gasteiger partial charge >= 0.3 is 0 Å². The zero-order valence-electron chi connectivity index (χ0n) is 8.92. The molecule has 1 fully saturated rings. The van der Waals surface area contributed by atoms with Gasteiger partial charge in [-0.25, -0.2) is 0 Å². The summed E-state index contributed by atoms with van der Waals surface area (Å²) in [7, 11) is 1.78. The molecule has 1 rings (SSSR count). The van der Waals surface area contributed by atoms with E-state index in [0.717, 1.165) is 11.8 Å². The zero-order chi connectivity index (χ0) is 9.68. The van der Waals surface area contributed by atoms with Crippen LogP contribution in [-0.4, -0.2) is 12.9 Å². The molecule has 1 saturated carbocycles. The second-order valence-electron chi connectivity index (χ2n) is 4.29. The molecular weight excluding hydrogens is 160 g/mol. The maximum absolute atomic E-state index is 5.78. The fraction of sp³-hybridized carbons (Fsp3) is 0.909. The number of nitrogens with zero attached hydrogens (tertiary/aromatic N) is 1. The Kier molecular flexibility index (Phi) is 4.26. The molecule has 2 N–H and O–H groups in total. The summed E-state index contributed by atoms with van der Waals surface area (Å²) in [6, 6.07) is 0. The van der Waals surface area contributed by atoms with Crippen LogP contribution in [0.1, 0.15) is 45.4 Å². The molecule has 0 heterocycles. The highest BCUT2D eigenvalue weighted by Crippen LogP contribution is 2.28. The van der Waals surface area contributed by atoms with Crippen molar-refractivity contribution in [2.45, 2.75) is 45.4 Å². The summed E-state index contributed by atoms with van der Waals surface area (Å²) < 4.78 is 0. The van der Waals surface area contributed by atoms with Gasteiger partial charge in [0.2, 0.25) is 0 Å². The van der Waals surface area contributed by atoms with Gasteiger partial charge in [-0.1, -0.05) is 39.0 Å². The quantitative estimate of drug-likeness (QED) is 0.529. The maximum Gasteiger partial charge on any atom is 0.0962 e. The van der Waals surface area contributed by atoms with Crippen LogP contribution in [0, 0.1) is 11.8 Å². The minimum atomic E-state index is 0.480. The predicted octanol–water partition coefficient (Wildman–Crippen LogP) is 2.58. The summed E-state index contributed by atoms with van der Waals surface area (Å²) >= 11 is 0. The van der Waals surface area contributed by atoms with Crippen LogP contribution in [0.5, 0.6) is 0 Å². The summed E-state index contributed by atoms with van der Waals surface area (Å²) in [5, 5.41) is 0. The molecule has 0 amide bonds. The van der Waals surface area contributed by atoms with E-state index >= 15 is 0 Å². The molecule has 1 atom stereocenters. The van der Waals surface area contributed by atoms with Crippen LogP contribution in [0.25, 0.3) is 0 Å². The van der Waals surface area contributed by atoms with Crippen LogP contribution in [0.3, 0.4) is 0 Å². The topological polar surface area (TPSA) is 38.4 Å². The fourth-order valence-electron chi connectivity index (χ4n) is 2.26. The molecule has 1 aliphatic rings. The lowest BCUT2D eigenvalue weighted by molar-refractivity contribution is 0.320. The van der Waals surface area contributed by atoms with Crippen LogP contribution >= 0.6 is 0 Å². The van der Waals surface area contributed by atoms with E-state index in [0.29, 0.717) is 5.92 Å². The van der Waals surface area contributed by atoms with Gasteiger partial charge in [-0.05, 0) is 12.3 Å². The van der Waals surface area contributed by atoms with E-state index in [2.05, 4.69) is 11.9 Å². The van der Waals surface area contributed by atoms with Crippen molar-refractivity contribution >= 4 is 5.84 Å². The molecule has 0 aromatic carbocycles. The Morgan fingerprint density at radius 3 is 2.54 bits per heavy atom. The average molecular weight is 182 g/mol. The molecule has 0 saturated heterocycles. The minimum Gasteiger partial charge on any atom is -0.387 e. The molecule has 0 radical (unpaired) electrons. The van der Waals surface area contributed by atoms with Crippen molar-refractivity contribution in [1.82, 2.24) is 0 Å². The van der Waals surface area contributed by atoms with Gasteiger partial charge in [-0.2, -0.15) is 0 Å². The third kappa shape index (κ3) is 3.37. The number of rotatable bonds is 3. The van der Waals surface area contributed by atoms with Gasteiger partial charge in [0.15, 0.2) is 0 Å². The zero-order valence-corrected chi connectivity index (χ0v) is 8.92. The standard InChI is InChI=1S/C11H22N2/c1-9(11(12)13-2)8-10-6-4-3-5-7-10/h9-10H,3-8H2,1-2H3,(H2,12,13)/t9-/m0/s1. The number of amidine groups is 1. The van der Waals surface area contributed by atoms with Gasteiger partial charge in [-0.3, -0.25) is 4.99 Å². The number of nitrogens with two attached hydrogens (primary N) is 1. The lowest BCUT2D eigenvalue weighted by Crippen LogP contribution is -2.24. The highest BCUT2D eigenvalue weighted by atomic mass is 14.8. The maximum atomic E-state index is 5.78. The molecular formula is C11H22N2. The molecule has 76 valence electrons. The second-order valence-corrected chi connectivity index (χ2v) is 4.29. The first kappa shape index (κ1) is 10.6. The lowest BCUT2D eigenvalue weighted by Gasteiger charge is -2.24. The number of hydrogen-bond donors (Lipinski definition) is 1. The third-order valence-electron chi connectivity index (χ3n) is 3.17. The van der Waals surface area contributed by atoms with Gasteiger partial charge in [-0.15, -0.1) is 0 Å². The lowest BCUT2D eigenvalue weighted by atomic mass is 9.83. The Morgan fingerprint density at radius 1 is 1.38 bits per heavy atom. The number of aliphatic imine (C=N–C) groups is 1. The van der Waals surface area contributed by atoms with Crippen LogP contribution < -0.4 is 5.73 Å². The normalized spacial score (nSPS) is 23.1. The molecule has 13 heavy (non-hydrogen) atoms. The Balaban J connectivity index is 2.30. The van der Waals surface area contributed by atoms with Gasteiger partial charge in [0, 0.05) is 13.0 Å². The Hall–Kier alpha value is -0.530. The molecule has 0 bridgehead atoms. The van der Waals surface area contributed by atoms with Crippen molar-refractivity contribution < 1.29 is 0 Å². The summed E-state index contributed by atoms with van der Waals surface area (Å²) in [5.74, 6) is 2.21. The van der Waals surface area contributed by atoms with Crippen molar-refractivity contribution in [3.63, 3.8) is 0 Å². The fourth-order valence-corrected chi connectivity index (χ4v) is 2.26. The Bertz CT molecular complexity index is 169. The van der Waals surface area contributed by atoms with Crippen LogP contribution in [0.15, 0.2) is 4.99 Å². The predicted molar refractivity (Wildman–Crippen MR) is 57.9 cm³/mol. The highest BCUT2D eigenvalue weighted by Gasteiger charge is 2.17. The van der Waals surface area contributed by atoms with Crippen molar-refractivity contribution in [2.75, 3.05) is 7.05 Å². The largest absolute Gasteiger partial charge is 0.387 e. The molecule has 0 aromatic rings. The van der Waals surface area contributed by atoms with E-state index in [1.807, 2.05) is 0 Å². The minimum absolute atomic E-state index is 0.480. The smallest absolute Gasteiger partial charge is 0.0962 e. The van der Waals surface area contributed by atoms with E-state index in [9.17, 15) is 0 Å². The van der Waals surface area contributed by atoms with Crippen LogP contribution in [0.2, 0.25) is 0 Å². The van der Waals surface area contributed by atoms with E-state index in [4.69, 9.17) is 5.73 Å². The van der Waals surface area contributed by atoms with E-state index in [1.165, 1.54) is 38.5 Å². The molecule has 0 unspecified atom stereocenters. The Morgan fingerprint density at radius 2 is 2.00 bits per heavy atom. The van der Waals surface area contributed by atoms with Crippen LogP contribution in [0.4, 0.5) is 0 Å². The average Bonchev–Trinajstić information content (AvgIpc) is 2.18. The van der Waals surface area contributed by atoms with Crippen molar-refractivity contribution in [2.24, 2.45) is 22.6 Å². The SMILES string of the molecule is C/N=C(/N)[C@@H](C)CC1CCCCC1. The van der Waals surface area contributed by atoms with Gasteiger partial charge in [0.1, 0.15) is 0 Å². The highest BCUT2D eigenvalue weighted by molar-refractivity contribution is 5.82. The van der Waals surface area contributed by atoms with Crippen LogP contribution in [-0.2, 0) is 0 Å². The molecule has 0 aliphatic heterocycles. The first-order chi connectivity index (χ1) is 6.24. The van der Waals surface area contributed by atoms with Gasteiger partial charge < -0.3 is 5.73 Å². The second kappa shape index (κ2) is 5.25. The summed E-state index contributed by atoms with van der Waals surface area (Å²) in [6.07, 6.45) is 8.31. The van der Waals surface area contributed by atoms with E-state index in [-0.39, 0.29) is 0 Å². The summed E-state index contributed by atoms with van der Waals surface area (Å²) in [5.41, 5.74) is 5.78. The van der Waals surface area contributed by atoms with E-state index < -0.39 is 0 Å². The monoisotopic (exact) mass is 182 g/mol. The summed E-state index contributed by atoms with van der Waals surface area (Å²) in [6.45, 7) is 2.19. The molecule has 2 heteroatoms. The van der Waals surface area contributed by atoms with Crippen molar-refractivity contribution in [3.05, 3.63) is 0 Å². The first-order valence-electron chi connectivity index (χ1n) is 5.46. The summed E-state index contributed by atoms with van der Waals surface area (Å²) in [4.78, 5) is 4.05. The van der Waals surface area contributed by atoms with Crippen molar-refractivity contribution in [1.29, 1.82) is 0 Å². The number of hydrogen-bond acceptors (Lipinski definition) is 1.